The highest BCUT2D eigenvalue weighted by Gasteiger charge is 2.69. The molecule has 3 heterocycles. The molecule has 1 saturated carbocycles. The molecular weight excluding hydrogens is 640 g/mol. The van der Waals surface area contributed by atoms with Crippen LogP contribution in [0.15, 0.2) is 54.6 Å². The highest BCUT2D eigenvalue weighted by Crippen LogP contribution is 2.56. The molecule has 4 amide bonds. The van der Waals surface area contributed by atoms with Crippen LogP contribution < -0.4 is 10.6 Å². The van der Waals surface area contributed by atoms with Crippen molar-refractivity contribution in [1.29, 1.82) is 0 Å². The topological polar surface area (TPSA) is 163 Å². The smallest absolute Gasteiger partial charge is 0.411 e. The number of rotatable bonds is 7. The average Bonchev–Trinajstić information content (AvgIpc) is 3.31. The molecule has 3 fully saturated rings. The third-order valence-corrected chi connectivity index (χ3v) is 9.15. The van der Waals surface area contributed by atoms with Crippen LogP contribution in [0.2, 0.25) is 0 Å². The quantitative estimate of drug-likeness (QED) is 0.209. The van der Waals surface area contributed by atoms with Crippen molar-refractivity contribution in [3.63, 3.8) is 0 Å². The van der Waals surface area contributed by atoms with Gasteiger partial charge in [-0.1, -0.05) is 24.8 Å². The van der Waals surface area contributed by atoms with Gasteiger partial charge in [-0.25, -0.2) is 14.6 Å². The van der Waals surface area contributed by atoms with Gasteiger partial charge >= 0.3 is 12.2 Å². The third kappa shape index (κ3) is 6.81. The number of carbonyl (C=O) groups excluding carboxylic acids is 5. The van der Waals surface area contributed by atoms with Gasteiger partial charge in [0.2, 0.25) is 0 Å². The molecule has 0 spiro atoms. The molecule has 2 unspecified atom stereocenters. The molecule has 2 aliphatic heterocycles. The van der Waals surface area contributed by atoms with Crippen molar-refractivity contribution in [1.82, 2.24) is 25.1 Å². The Morgan fingerprint density at radius 3 is 2.38 bits per heavy atom. The van der Waals surface area contributed by atoms with Gasteiger partial charge in [0.05, 0.1) is 17.6 Å². The van der Waals surface area contributed by atoms with Crippen LogP contribution >= 0.6 is 0 Å². The fraction of sp³-hybridized carbons (Fsp3) is 0.459. The lowest BCUT2D eigenvalue weighted by Crippen LogP contribution is -2.49. The number of fused-ring (bicyclic) bond motifs is 2. The minimum Gasteiger partial charge on any atom is -0.444 e. The molecule has 3 aromatic rings. The van der Waals surface area contributed by atoms with E-state index < -0.39 is 40.9 Å². The number of hydrogen-bond acceptors (Lipinski definition) is 8. The summed E-state index contributed by atoms with van der Waals surface area (Å²) in [5.74, 6) is -0.648. The van der Waals surface area contributed by atoms with Crippen molar-refractivity contribution in [2.24, 2.45) is 5.92 Å². The van der Waals surface area contributed by atoms with Crippen molar-refractivity contribution < 1.29 is 33.4 Å². The molecule has 1 aliphatic carbocycles. The van der Waals surface area contributed by atoms with Crippen LogP contribution in [0, 0.1) is 5.92 Å². The van der Waals surface area contributed by atoms with Crippen LogP contribution in [0.25, 0.3) is 11.0 Å². The first-order valence-corrected chi connectivity index (χ1v) is 16.9. The number of aromatic amines is 1. The molecule has 2 aromatic carbocycles. The van der Waals surface area contributed by atoms with Crippen LogP contribution in [0.5, 0.6) is 0 Å². The molecule has 1 aromatic heterocycles. The number of amides is 4. The number of piperidine rings is 1. The summed E-state index contributed by atoms with van der Waals surface area (Å²) in [6.07, 6.45) is 0.885. The number of imidazole rings is 1. The Balaban J connectivity index is 1.11. The van der Waals surface area contributed by atoms with Crippen molar-refractivity contribution in [2.45, 2.75) is 83.6 Å². The van der Waals surface area contributed by atoms with Crippen LogP contribution in [-0.2, 0) is 14.3 Å². The van der Waals surface area contributed by atoms with Crippen molar-refractivity contribution in [3.05, 3.63) is 71.6 Å². The molecular formula is C37H44N6O7. The van der Waals surface area contributed by atoms with Gasteiger partial charge in [0.25, 0.3) is 11.8 Å². The number of para-hydroxylation sites is 1. The van der Waals surface area contributed by atoms with Crippen molar-refractivity contribution in [2.75, 3.05) is 25.0 Å². The first kappa shape index (κ1) is 34.7. The van der Waals surface area contributed by atoms with E-state index in [1.807, 2.05) is 0 Å². The Morgan fingerprint density at radius 1 is 0.980 bits per heavy atom. The molecule has 0 radical (unpaired) electrons. The number of ketones is 1. The van der Waals surface area contributed by atoms with Crippen LogP contribution in [0.1, 0.15) is 93.4 Å². The van der Waals surface area contributed by atoms with Gasteiger partial charge in [-0.2, -0.15) is 0 Å². The predicted molar refractivity (Wildman–Crippen MR) is 186 cm³/mol. The maximum absolute atomic E-state index is 13.5. The van der Waals surface area contributed by atoms with E-state index in [0.717, 1.165) is 12.0 Å². The SMILES string of the molecule is C=C1CCN(C(=O)OC(C)(C)C)[C@@H]1c1nc2c(C(=O)NCC(=O)c3cccc(NC(=O)C45CC4CCN5C(=O)OC(C)(C)C)c3)cccc2[nH]1. The van der Waals surface area contributed by atoms with Crippen LogP contribution in [-0.4, -0.2) is 85.9 Å². The number of nitrogens with one attached hydrogen (secondary N) is 3. The van der Waals surface area contributed by atoms with Gasteiger partial charge < -0.3 is 25.1 Å². The maximum Gasteiger partial charge on any atom is 0.411 e. The normalized spacial score (nSPS) is 21.5. The fourth-order valence-electron chi connectivity index (χ4n) is 6.78. The van der Waals surface area contributed by atoms with E-state index >= 15 is 0 Å². The minimum absolute atomic E-state index is 0.0611. The number of aromatic nitrogens is 2. The Bertz CT molecular complexity index is 1900. The fourth-order valence-corrected chi connectivity index (χ4v) is 6.78. The zero-order valence-corrected chi connectivity index (χ0v) is 29.3. The summed E-state index contributed by atoms with van der Waals surface area (Å²) in [6.45, 7) is 15.5. The van der Waals surface area contributed by atoms with Gasteiger partial charge in [-0.3, -0.25) is 24.2 Å². The highest BCUT2D eigenvalue weighted by molar-refractivity contribution is 6.08. The van der Waals surface area contributed by atoms with E-state index in [-0.39, 0.29) is 29.7 Å². The Labute approximate surface area is 290 Å². The summed E-state index contributed by atoms with van der Waals surface area (Å²) in [5, 5.41) is 5.59. The third-order valence-electron chi connectivity index (χ3n) is 9.15. The number of nitrogens with zero attached hydrogens (tertiary/aromatic N) is 3. The average molecular weight is 685 g/mol. The summed E-state index contributed by atoms with van der Waals surface area (Å²) >= 11 is 0. The zero-order chi connectivity index (χ0) is 36.2. The molecule has 50 heavy (non-hydrogen) atoms. The van der Waals surface area contributed by atoms with Crippen LogP contribution in [0.4, 0.5) is 15.3 Å². The standard InChI is InChI=1S/C37H44N6O7/c1-21-14-16-42(33(47)49-35(2,3)4)29(21)30-40-26-13-9-12-25(28(26)41-30)31(45)38-20-27(44)22-10-8-11-24(18-22)39-32(46)37-19-23(37)15-17-43(37)34(48)50-36(5,6)7/h8-13,18,23,29H,1,14-17,19-20H2,2-7H3,(H,38,45)(H,39,46)(H,40,41)/t23?,29-,37?/m0/s1. The molecule has 13 heteroatoms. The largest absolute Gasteiger partial charge is 0.444 e. The first-order chi connectivity index (χ1) is 23.5. The lowest BCUT2D eigenvalue weighted by Gasteiger charge is -2.30. The maximum atomic E-state index is 13.5. The summed E-state index contributed by atoms with van der Waals surface area (Å²) in [6, 6.07) is 11.1. The van der Waals surface area contributed by atoms with Gasteiger partial charge in [0, 0.05) is 24.3 Å². The molecule has 0 bridgehead atoms. The summed E-state index contributed by atoms with van der Waals surface area (Å²) in [7, 11) is 0. The molecule has 264 valence electrons. The number of ether oxygens (including phenoxy) is 2. The second-order valence-electron chi connectivity index (χ2n) is 15.2. The number of Topliss-reactive ketones (excluding diaryl/α,β-unsaturated/α-hetero) is 1. The van der Waals surface area contributed by atoms with E-state index in [9.17, 15) is 24.0 Å². The second kappa shape index (κ2) is 12.6. The summed E-state index contributed by atoms with van der Waals surface area (Å²) in [4.78, 5) is 77.0. The van der Waals surface area contributed by atoms with E-state index in [1.54, 1.807) is 88.9 Å². The molecule has 13 nitrogen and oxygen atoms in total. The number of carbonyl (C=O) groups is 5. The molecule has 2 saturated heterocycles. The highest BCUT2D eigenvalue weighted by atomic mass is 16.6. The minimum atomic E-state index is -0.956. The first-order valence-electron chi connectivity index (χ1n) is 16.9. The second-order valence-corrected chi connectivity index (χ2v) is 15.2. The number of anilines is 1. The van der Waals surface area contributed by atoms with Gasteiger partial charge in [0.15, 0.2) is 5.78 Å². The number of likely N-dealkylation sites (tertiary alicyclic amines) is 2. The van der Waals surface area contributed by atoms with Crippen molar-refractivity contribution >= 4 is 46.5 Å². The van der Waals surface area contributed by atoms with E-state index in [2.05, 4.69) is 22.2 Å². The van der Waals surface area contributed by atoms with E-state index in [0.29, 0.717) is 54.0 Å². The van der Waals surface area contributed by atoms with Gasteiger partial charge in [-0.15, -0.1) is 0 Å². The van der Waals surface area contributed by atoms with Crippen LogP contribution in [0.3, 0.4) is 0 Å². The Kier molecular flexibility index (Phi) is 8.73. The van der Waals surface area contributed by atoms with E-state index in [4.69, 9.17) is 14.5 Å². The zero-order valence-electron chi connectivity index (χ0n) is 29.3. The van der Waals surface area contributed by atoms with Gasteiger partial charge in [-0.05, 0) is 96.6 Å². The molecule has 6 rings (SSSR count). The Morgan fingerprint density at radius 2 is 1.68 bits per heavy atom. The Hall–Kier alpha value is -5.20. The molecule has 3 aliphatic rings. The van der Waals surface area contributed by atoms with E-state index in [1.165, 1.54) is 4.90 Å². The summed E-state index contributed by atoms with van der Waals surface area (Å²) < 4.78 is 11.2. The summed E-state index contributed by atoms with van der Waals surface area (Å²) in [5.41, 5.74) is 0.440. The monoisotopic (exact) mass is 684 g/mol. The van der Waals surface area contributed by atoms with Crippen molar-refractivity contribution in [3.8, 4) is 0 Å². The van der Waals surface area contributed by atoms with Gasteiger partial charge in [0.1, 0.15) is 34.1 Å². The number of H-pyrrole nitrogens is 1. The number of hydrogen-bond donors (Lipinski definition) is 3. The lowest BCUT2D eigenvalue weighted by atomic mass is 10.1. The predicted octanol–water partition coefficient (Wildman–Crippen LogP) is 5.75. The molecule has 3 N–H and O–H groups in total. The number of benzene rings is 2. The molecule has 3 atom stereocenters. The lowest BCUT2D eigenvalue weighted by molar-refractivity contribution is -0.122.